The van der Waals surface area contributed by atoms with Gasteiger partial charge in [-0.25, -0.2) is 0 Å². The van der Waals surface area contributed by atoms with E-state index in [2.05, 4.69) is 228 Å². The molecule has 0 aliphatic carbocycles. The molecular formula is C62H40N2O2. The van der Waals surface area contributed by atoms with Crippen LogP contribution in [0.3, 0.4) is 0 Å². The van der Waals surface area contributed by atoms with Gasteiger partial charge in [0.2, 0.25) is 0 Å². The summed E-state index contributed by atoms with van der Waals surface area (Å²) in [6.45, 7) is 0. The number of furan rings is 2. The average molecular weight is 845 g/mol. The van der Waals surface area contributed by atoms with Crippen molar-refractivity contribution in [2.75, 3.05) is 9.80 Å². The number of benzene rings is 11. The number of hydrogen-bond donors (Lipinski definition) is 0. The van der Waals surface area contributed by atoms with Crippen LogP contribution in [0.2, 0.25) is 0 Å². The van der Waals surface area contributed by atoms with Crippen LogP contribution in [0.1, 0.15) is 0 Å². The zero-order valence-electron chi connectivity index (χ0n) is 35.8. The van der Waals surface area contributed by atoms with Crippen LogP contribution in [-0.2, 0) is 0 Å². The molecule has 0 fully saturated rings. The summed E-state index contributed by atoms with van der Waals surface area (Å²) in [7, 11) is 0. The molecule has 0 aliphatic heterocycles. The predicted molar refractivity (Wildman–Crippen MR) is 276 cm³/mol. The SMILES string of the molecule is c1ccc(N(c2ccc(-c3ccc(-c4ccc(N(c5ccc6c(c5)oc5ccccc56)c5ccc6c(c5)oc5ccccc56)cc4)cc3)cc2)c2cc3ccccc3c3ccccc23)cc1. The van der Waals surface area contributed by atoms with Crippen LogP contribution < -0.4 is 9.80 Å². The maximum absolute atomic E-state index is 6.38. The molecule has 0 amide bonds. The lowest BCUT2D eigenvalue weighted by Gasteiger charge is -2.27. The summed E-state index contributed by atoms with van der Waals surface area (Å²) in [5.41, 5.74) is 14.5. The Bertz CT molecular complexity index is 3810. The van der Waals surface area contributed by atoms with Crippen molar-refractivity contribution in [2.24, 2.45) is 0 Å². The van der Waals surface area contributed by atoms with Gasteiger partial charge in [0.05, 0.1) is 5.69 Å². The first-order valence-electron chi connectivity index (χ1n) is 22.4. The number of anilines is 6. The van der Waals surface area contributed by atoms with Crippen molar-refractivity contribution in [1.29, 1.82) is 0 Å². The van der Waals surface area contributed by atoms with E-state index in [0.717, 1.165) is 100 Å². The second kappa shape index (κ2) is 15.4. The highest BCUT2D eigenvalue weighted by molar-refractivity contribution is 6.15. The maximum Gasteiger partial charge on any atom is 0.137 e. The maximum atomic E-state index is 6.38. The Labute approximate surface area is 381 Å². The lowest BCUT2D eigenvalue weighted by atomic mass is 9.98. The molecule has 0 bridgehead atoms. The molecule has 2 aromatic heterocycles. The van der Waals surface area contributed by atoms with E-state index < -0.39 is 0 Å². The van der Waals surface area contributed by atoms with Gasteiger partial charge in [-0.3, -0.25) is 0 Å². The summed E-state index contributed by atoms with van der Waals surface area (Å²) < 4.78 is 12.8. The smallest absolute Gasteiger partial charge is 0.137 e. The van der Waals surface area contributed by atoms with E-state index in [1.807, 2.05) is 24.3 Å². The van der Waals surface area contributed by atoms with Gasteiger partial charge in [-0.2, -0.15) is 0 Å². The molecular weight excluding hydrogens is 805 g/mol. The number of para-hydroxylation sites is 3. The van der Waals surface area contributed by atoms with E-state index in [1.165, 1.54) is 21.5 Å². The fourth-order valence-corrected chi connectivity index (χ4v) is 9.84. The molecule has 13 rings (SSSR count). The van der Waals surface area contributed by atoms with Gasteiger partial charge in [0.1, 0.15) is 22.3 Å². The van der Waals surface area contributed by atoms with Crippen LogP contribution in [0, 0.1) is 0 Å². The first-order chi connectivity index (χ1) is 32.7. The van der Waals surface area contributed by atoms with Crippen LogP contribution in [0.5, 0.6) is 0 Å². The molecule has 0 radical (unpaired) electrons. The van der Waals surface area contributed by atoms with E-state index in [4.69, 9.17) is 8.83 Å². The summed E-state index contributed by atoms with van der Waals surface area (Å²) in [5.74, 6) is 0. The third-order valence-corrected chi connectivity index (χ3v) is 13.0. The molecule has 4 nitrogen and oxygen atoms in total. The molecule has 0 aliphatic rings. The first-order valence-corrected chi connectivity index (χ1v) is 22.4. The molecule has 0 unspecified atom stereocenters. The van der Waals surface area contributed by atoms with E-state index in [9.17, 15) is 0 Å². The van der Waals surface area contributed by atoms with Crippen LogP contribution in [0.15, 0.2) is 251 Å². The molecule has 2 heterocycles. The zero-order valence-corrected chi connectivity index (χ0v) is 35.8. The normalized spacial score (nSPS) is 11.6. The van der Waals surface area contributed by atoms with Crippen molar-refractivity contribution in [2.45, 2.75) is 0 Å². The van der Waals surface area contributed by atoms with Crippen molar-refractivity contribution < 1.29 is 8.83 Å². The van der Waals surface area contributed by atoms with Gasteiger partial charge in [0.15, 0.2) is 0 Å². The highest BCUT2D eigenvalue weighted by Crippen LogP contribution is 2.44. The molecule has 0 N–H and O–H groups in total. The second-order valence-corrected chi connectivity index (χ2v) is 16.9. The van der Waals surface area contributed by atoms with Crippen molar-refractivity contribution in [3.8, 4) is 22.3 Å². The largest absolute Gasteiger partial charge is 0.456 e. The lowest BCUT2D eigenvalue weighted by molar-refractivity contribution is 0.669. The molecule has 66 heavy (non-hydrogen) atoms. The first kappa shape index (κ1) is 37.7. The lowest BCUT2D eigenvalue weighted by Crippen LogP contribution is -2.10. The van der Waals surface area contributed by atoms with E-state index in [0.29, 0.717) is 0 Å². The van der Waals surface area contributed by atoms with Crippen LogP contribution in [-0.4, -0.2) is 0 Å². The standard InChI is InChI=1S/C62H40N2O2/c1-2-13-46(14-3-1)64(58-38-45-12-4-5-15-51(45)52-16-6-7-17-53(52)58)48-32-28-44(29-33-48)42-24-22-41(23-25-42)43-26-30-47(31-27-43)63(49-34-36-56-54-18-8-10-20-59(54)65-61(56)39-49)50-35-37-57-55-19-9-11-21-60(55)66-62(57)40-50/h1-40H. The quantitative estimate of drug-likeness (QED) is 0.143. The summed E-state index contributed by atoms with van der Waals surface area (Å²) in [5, 5.41) is 9.37. The Hall–Kier alpha value is -8.86. The minimum absolute atomic E-state index is 0.849. The fourth-order valence-electron chi connectivity index (χ4n) is 9.84. The van der Waals surface area contributed by atoms with Crippen molar-refractivity contribution in [1.82, 2.24) is 0 Å². The third kappa shape index (κ3) is 6.38. The monoisotopic (exact) mass is 844 g/mol. The summed E-state index contributed by atoms with van der Waals surface area (Å²) in [6.07, 6.45) is 0. The number of fused-ring (bicyclic) bond motifs is 9. The van der Waals surface area contributed by atoms with Gasteiger partial charge in [0.25, 0.3) is 0 Å². The average Bonchev–Trinajstić information content (AvgIpc) is 3.95. The van der Waals surface area contributed by atoms with Crippen LogP contribution in [0.4, 0.5) is 34.1 Å². The van der Waals surface area contributed by atoms with Gasteiger partial charge < -0.3 is 18.6 Å². The van der Waals surface area contributed by atoms with Crippen LogP contribution in [0.25, 0.3) is 87.7 Å². The van der Waals surface area contributed by atoms with Gasteiger partial charge in [-0.05, 0) is 117 Å². The zero-order chi connectivity index (χ0) is 43.6. The van der Waals surface area contributed by atoms with E-state index in [1.54, 1.807) is 0 Å². The Kier molecular flexibility index (Phi) is 8.81. The molecule has 0 atom stereocenters. The Morgan fingerprint density at radius 2 is 0.606 bits per heavy atom. The fraction of sp³-hybridized carbons (Fsp3) is 0. The predicted octanol–water partition coefficient (Wildman–Crippen LogP) is 18.1. The van der Waals surface area contributed by atoms with Gasteiger partial charge >= 0.3 is 0 Å². The number of hydrogen-bond acceptors (Lipinski definition) is 4. The van der Waals surface area contributed by atoms with E-state index in [-0.39, 0.29) is 0 Å². The summed E-state index contributed by atoms with van der Waals surface area (Å²) in [4.78, 5) is 4.65. The molecule has 11 aromatic carbocycles. The number of rotatable bonds is 8. The highest BCUT2D eigenvalue weighted by Gasteiger charge is 2.20. The Morgan fingerprint density at radius 1 is 0.227 bits per heavy atom. The summed E-state index contributed by atoms with van der Waals surface area (Å²) >= 11 is 0. The van der Waals surface area contributed by atoms with Crippen molar-refractivity contribution >= 4 is 99.5 Å². The second-order valence-electron chi connectivity index (χ2n) is 16.9. The van der Waals surface area contributed by atoms with Gasteiger partial charge in [-0.15, -0.1) is 0 Å². The minimum atomic E-state index is 0.849. The van der Waals surface area contributed by atoms with E-state index >= 15 is 0 Å². The topological polar surface area (TPSA) is 32.8 Å². The number of nitrogens with zero attached hydrogens (tertiary/aromatic N) is 2. The molecule has 310 valence electrons. The Morgan fingerprint density at radius 3 is 1.15 bits per heavy atom. The molecule has 4 heteroatoms. The molecule has 13 aromatic rings. The van der Waals surface area contributed by atoms with Gasteiger partial charge in [-0.1, -0.05) is 152 Å². The molecule has 0 spiro atoms. The van der Waals surface area contributed by atoms with Gasteiger partial charge in [0, 0.05) is 67.5 Å². The third-order valence-electron chi connectivity index (χ3n) is 13.0. The highest BCUT2D eigenvalue weighted by atomic mass is 16.3. The van der Waals surface area contributed by atoms with Crippen molar-refractivity contribution in [3.63, 3.8) is 0 Å². The summed E-state index contributed by atoms with van der Waals surface area (Å²) in [6, 6.07) is 86.4. The van der Waals surface area contributed by atoms with Crippen LogP contribution >= 0.6 is 0 Å². The van der Waals surface area contributed by atoms with Crippen molar-refractivity contribution in [3.05, 3.63) is 243 Å². The molecule has 0 saturated heterocycles. The molecule has 0 saturated carbocycles. The Balaban J connectivity index is 0.824. The minimum Gasteiger partial charge on any atom is -0.456 e.